The molecule has 1 aromatic rings. The lowest BCUT2D eigenvalue weighted by molar-refractivity contribution is -0.147. The molecule has 19 heavy (non-hydrogen) atoms. The molecule has 0 radical (unpaired) electrons. The second kappa shape index (κ2) is 5.86. The van der Waals surface area contributed by atoms with Gasteiger partial charge in [0.1, 0.15) is 6.04 Å². The molecule has 1 aromatic heterocycles. The number of nitrogens with zero attached hydrogens (tertiary/aromatic N) is 3. The van der Waals surface area contributed by atoms with Crippen LogP contribution in [0.3, 0.4) is 0 Å². The Kier molecular flexibility index (Phi) is 4.19. The van der Waals surface area contributed by atoms with Gasteiger partial charge >= 0.3 is 0 Å². The van der Waals surface area contributed by atoms with Gasteiger partial charge in [-0.05, 0) is 12.3 Å². The summed E-state index contributed by atoms with van der Waals surface area (Å²) in [6.45, 7) is 5.45. The summed E-state index contributed by atoms with van der Waals surface area (Å²) in [5.74, 6) is 0.0821. The highest BCUT2D eigenvalue weighted by Crippen LogP contribution is 2.15. The SMILES string of the molecule is CC(C)C1C(=O)NCC(=O)N1CCCn1ccnc1. The van der Waals surface area contributed by atoms with Crippen molar-refractivity contribution in [2.24, 2.45) is 5.92 Å². The minimum atomic E-state index is -0.343. The van der Waals surface area contributed by atoms with Crippen molar-refractivity contribution < 1.29 is 9.59 Å². The molecule has 1 aliphatic rings. The standard InChI is InChI=1S/C13H20N4O2/c1-10(2)12-13(19)15-8-11(18)17(12)6-3-5-16-7-4-14-9-16/h4,7,9-10,12H,3,5-6,8H2,1-2H3,(H,15,19). The van der Waals surface area contributed by atoms with Gasteiger partial charge in [-0.3, -0.25) is 9.59 Å². The summed E-state index contributed by atoms with van der Waals surface area (Å²) in [5.41, 5.74) is 0. The zero-order chi connectivity index (χ0) is 13.8. The first-order chi connectivity index (χ1) is 9.09. The van der Waals surface area contributed by atoms with Gasteiger partial charge in [-0.2, -0.15) is 0 Å². The van der Waals surface area contributed by atoms with Crippen molar-refractivity contribution in [3.63, 3.8) is 0 Å². The Hall–Kier alpha value is -1.85. The molecule has 1 atom stereocenters. The molecule has 2 amide bonds. The first kappa shape index (κ1) is 13.6. The van der Waals surface area contributed by atoms with E-state index < -0.39 is 0 Å². The number of piperazine rings is 1. The van der Waals surface area contributed by atoms with Crippen LogP contribution < -0.4 is 5.32 Å². The largest absolute Gasteiger partial charge is 0.345 e. The van der Waals surface area contributed by atoms with E-state index in [1.165, 1.54) is 0 Å². The summed E-state index contributed by atoms with van der Waals surface area (Å²) in [5, 5.41) is 2.65. The van der Waals surface area contributed by atoms with Crippen LogP contribution in [0.25, 0.3) is 0 Å². The molecule has 2 rings (SSSR count). The van der Waals surface area contributed by atoms with E-state index in [-0.39, 0.29) is 30.3 Å². The van der Waals surface area contributed by atoms with E-state index in [1.54, 1.807) is 17.4 Å². The Morgan fingerprint density at radius 1 is 1.42 bits per heavy atom. The van der Waals surface area contributed by atoms with Crippen molar-refractivity contribution in [1.82, 2.24) is 19.8 Å². The van der Waals surface area contributed by atoms with Crippen LogP contribution in [0.1, 0.15) is 20.3 Å². The van der Waals surface area contributed by atoms with Gasteiger partial charge in [0.25, 0.3) is 0 Å². The molecular formula is C13H20N4O2. The van der Waals surface area contributed by atoms with Crippen molar-refractivity contribution in [3.05, 3.63) is 18.7 Å². The molecule has 6 heteroatoms. The number of carbonyl (C=O) groups excluding carboxylic acids is 2. The second-order valence-electron chi connectivity index (χ2n) is 5.15. The highest BCUT2D eigenvalue weighted by atomic mass is 16.2. The van der Waals surface area contributed by atoms with Crippen molar-refractivity contribution in [1.29, 1.82) is 0 Å². The molecule has 0 aromatic carbocycles. The number of amides is 2. The van der Waals surface area contributed by atoms with E-state index in [0.29, 0.717) is 6.54 Å². The zero-order valence-electron chi connectivity index (χ0n) is 11.4. The molecule has 1 fully saturated rings. The van der Waals surface area contributed by atoms with Crippen molar-refractivity contribution in [2.75, 3.05) is 13.1 Å². The van der Waals surface area contributed by atoms with Gasteiger partial charge in [0.2, 0.25) is 11.8 Å². The minimum Gasteiger partial charge on any atom is -0.345 e. The molecule has 1 aliphatic heterocycles. The maximum atomic E-state index is 11.9. The Morgan fingerprint density at radius 3 is 2.84 bits per heavy atom. The van der Waals surface area contributed by atoms with Crippen LogP contribution in [0.4, 0.5) is 0 Å². The minimum absolute atomic E-state index is 0.00364. The Morgan fingerprint density at radius 2 is 2.21 bits per heavy atom. The fraction of sp³-hybridized carbons (Fsp3) is 0.615. The second-order valence-corrected chi connectivity index (χ2v) is 5.15. The van der Waals surface area contributed by atoms with Gasteiger partial charge in [0.05, 0.1) is 12.9 Å². The third-order valence-corrected chi connectivity index (χ3v) is 3.34. The molecule has 0 bridgehead atoms. The molecule has 1 saturated heterocycles. The molecule has 1 unspecified atom stereocenters. The van der Waals surface area contributed by atoms with Gasteiger partial charge in [-0.1, -0.05) is 13.8 Å². The molecule has 1 N–H and O–H groups in total. The smallest absolute Gasteiger partial charge is 0.243 e. The van der Waals surface area contributed by atoms with Crippen molar-refractivity contribution >= 4 is 11.8 Å². The predicted molar refractivity (Wildman–Crippen MR) is 70.2 cm³/mol. The highest BCUT2D eigenvalue weighted by Gasteiger charge is 2.35. The topological polar surface area (TPSA) is 67.2 Å². The highest BCUT2D eigenvalue weighted by molar-refractivity contribution is 5.94. The zero-order valence-corrected chi connectivity index (χ0v) is 11.4. The van der Waals surface area contributed by atoms with E-state index in [1.807, 2.05) is 24.6 Å². The molecule has 0 saturated carbocycles. The number of aromatic nitrogens is 2. The van der Waals surface area contributed by atoms with E-state index in [0.717, 1.165) is 13.0 Å². The molecule has 2 heterocycles. The Bertz CT molecular complexity index is 442. The van der Waals surface area contributed by atoms with Gasteiger partial charge in [-0.15, -0.1) is 0 Å². The van der Waals surface area contributed by atoms with Crippen LogP contribution in [-0.4, -0.2) is 45.4 Å². The van der Waals surface area contributed by atoms with Gasteiger partial charge in [0, 0.05) is 25.5 Å². The Balaban J connectivity index is 1.94. The summed E-state index contributed by atoms with van der Waals surface area (Å²) in [6.07, 6.45) is 6.20. The maximum Gasteiger partial charge on any atom is 0.243 e. The summed E-state index contributed by atoms with van der Waals surface area (Å²) in [6, 6.07) is -0.343. The lowest BCUT2D eigenvalue weighted by Crippen LogP contribution is -2.60. The van der Waals surface area contributed by atoms with Crippen LogP contribution in [0, 0.1) is 5.92 Å². The van der Waals surface area contributed by atoms with Crippen molar-refractivity contribution in [3.8, 4) is 0 Å². The molecule has 104 valence electrons. The lowest BCUT2D eigenvalue weighted by Gasteiger charge is -2.37. The van der Waals surface area contributed by atoms with Crippen molar-refractivity contribution in [2.45, 2.75) is 32.9 Å². The number of rotatable bonds is 5. The van der Waals surface area contributed by atoms with E-state index in [9.17, 15) is 9.59 Å². The number of imidazole rings is 1. The monoisotopic (exact) mass is 264 g/mol. The number of aryl methyl sites for hydroxylation is 1. The number of hydrogen-bond donors (Lipinski definition) is 1. The van der Waals surface area contributed by atoms with Crippen LogP contribution in [0.2, 0.25) is 0 Å². The predicted octanol–water partition coefficient (Wildman–Crippen LogP) is 0.256. The van der Waals surface area contributed by atoms with Crippen LogP contribution in [-0.2, 0) is 16.1 Å². The Labute approximate surface area is 112 Å². The quantitative estimate of drug-likeness (QED) is 0.829. The van der Waals surface area contributed by atoms with Crippen LogP contribution in [0.15, 0.2) is 18.7 Å². The average Bonchev–Trinajstić information content (AvgIpc) is 2.86. The lowest BCUT2D eigenvalue weighted by atomic mass is 9.99. The van der Waals surface area contributed by atoms with E-state index in [2.05, 4.69) is 10.3 Å². The number of nitrogens with one attached hydrogen (secondary N) is 1. The normalized spacial score (nSPS) is 19.9. The van der Waals surface area contributed by atoms with Crippen LogP contribution >= 0.6 is 0 Å². The number of hydrogen-bond acceptors (Lipinski definition) is 3. The van der Waals surface area contributed by atoms with Crippen LogP contribution in [0.5, 0.6) is 0 Å². The third-order valence-electron chi connectivity index (χ3n) is 3.34. The maximum absolute atomic E-state index is 11.9. The summed E-state index contributed by atoms with van der Waals surface area (Å²) in [7, 11) is 0. The summed E-state index contributed by atoms with van der Waals surface area (Å²) in [4.78, 5) is 29.5. The summed E-state index contributed by atoms with van der Waals surface area (Å²) >= 11 is 0. The van der Waals surface area contributed by atoms with Gasteiger partial charge in [0.15, 0.2) is 0 Å². The van der Waals surface area contributed by atoms with Gasteiger partial charge in [-0.25, -0.2) is 4.98 Å². The first-order valence-electron chi connectivity index (χ1n) is 6.62. The molecule has 0 aliphatic carbocycles. The van der Waals surface area contributed by atoms with E-state index in [4.69, 9.17) is 0 Å². The third kappa shape index (κ3) is 3.13. The molecule has 6 nitrogen and oxygen atoms in total. The average molecular weight is 264 g/mol. The van der Waals surface area contributed by atoms with E-state index >= 15 is 0 Å². The fourth-order valence-electron chi connectivity index (χ4n) is 2.43. The molecular weight excluding hydrogens is 244 g/mol. The first-order valence-corrected chi connectivity index (χ1v) is 6.62. The fourth-order valence-corrected chi connectivity index (χ4v) is 2.43. The summed E-state index contributed by atoms with van der Waals surface area (Å²) < 4.78 is 1.97. The number of carbonyl (C=O) groups is 2. The van der Waals surface area contributed by atoms with Gasteiger partial charge < -0.3 is 14.8 Å². The molecule has 0 spiro atoms.